The lowest BCUT2D eigenvalue weighted by molar-refractivity contribution is 0.0690. The zero-order chi connectivity index (χ0) is 13.3. The van der Waals surface area contributed by atoms with Gasteiger partial charge in [0.15, 0.2) is 15.5 Å². The molecule has 0 atom stereocenters. The predicted octanol–water partition coefficient (Wildman–Crippen LogP) is -0.282. The van der Waals surface area contributed by atoms with Crippen molar-refractivity contribution in [1.29, 1.82) is 0 Å². The number of carboxylic acids is 1. The number of rotatable bonds is 2. The Morgan fingerprint density at radius 3 is 2.50 bits per heavy atom. The number of sulfone groups is 1. The standard InChI is InChI=1S/C10H13N3O4S/c1-7-6-8(9(14)15)12-10(11-7)13-2-4-18(16,17)5-3-13/h6H,2-5H2,1H3,(H,14,15). The highest BCUT2D eigenvalue weighted by atomic mass is 32.2. The van der Waals surface area contributed by atoms with E-state index in [1.807, 2.05) is 0 Å². The molecule has 0 saturated carbocycles. The Kier molecular flexibility index (Phi) is 3.20. The zero-order valence-electron chi connectivity index (χ0n) is 9.83. The van der Waals surface area contributed by atoms with Crippen LogP contribution in [0.1, 0.15) is 16.2 Å². The van der Waals surface area contributed by atoms with Crippen LogP contribution in [0.2, 0.25) is 0 Å². The lowest BCUT2D eigenvalue weighted by Crippen LogP contribution is -2.41. The summed E-state index contributed by atoms with van der Waals surface area (Å²) in [5, 5.41) is 8.91. The van der Waals surface area contributed by atoms with Gasteiger partial charge >= 0.3 is 5.97 Å². The molecule has 1 aliphatic rings. The number of hydrogen-bond donors (Lipinski definition) is 1. The molecule has 2 heterocycles. The normalized spacial score (nSPS) is 18.6. The molecule has 1 aromatic rings. The van der Waals surface area contributed by atoms with Crippen molar-refractivity contribution in [1.82, 2.24) is 9.97 Å². The van der Waals surface area contributed by atoms with Crippen molar-refractivity contribution >= 4 is 21.8 Å². The third kappa shape index (κ3) is 2.76. The fraction of sp³-hybridized carbons (Fsp3) is 0.500. The Labute approximate surface area is 104 Å². The summed E-state index contributed by atoms with van der Waals surface area (Å²) in [7, 11) is -2.97. The highest BCUT2D eigenvalue weighted by Gasteiger charge is 2.24. The van der Waals surface area contributed by atoms with Gasteiger partial charge in [0.1, 0.15) is 0 Å². The van der Waals surface area contributed by atoms with E-state index in [2.05, 4.69) is 9.97 Å². The molecule has 0 aliphatic carbocycles. The Balaban J connectivity index is 2.26. The quantitative estimate of drug-likeness (QED) is 0.789. The van der Waals surface area contributed by atoms with E-state index in [4.69, 9.17) is 5.11 Å². The zero-order valence-corrected chi connectivity index (χ0v) is 10.6. The molecule has 0 amide bonds. The summed E-state index contributed by atoms with van der Waals surface area (Å²) in [6.45, 7) is 2.27. The van der Waals surface area contributed by atoms with Gasteiger partial charge in [0, 0.05) is 18.8 Å². The Morgan fingerprint density at radius 2 is 1.94 bits per heavy atom. The number of carbonyl (C=O) groups is 1. The van der Waals surface area contributed by atoms with Gasteiger partial charge in [-0.25, -0.2) is 23.2 Å². The smallest absolute Gasteiger partial charge is 0.354 e. The van der Waals surface area contributed by atoms with Gasteiger partial charge in [-0.15, -0.1) is 0 Å². The summed E-state index contributed by atoms with van der Waals surface area (Å²) in [6, 6.07) is 1.38. The summed E-state index contributed by atoms with van der Waals surface area (Å²) in [4.78, 5) is 20.7. The molecule has 1 saturated heterocycles. The molecule has 2 rings (SSSR count). The summed E-state index contributed by atoms with van der Waals surface area (Å²) in [5.74, 6) is -0.743. The van der Waals surface area contributed by atoms with Crippen LogP contribution in [0.4, 0.5) is 5.95 Å². The predicted molar refractivity (Wildman–Crippen MR) is 64.6 cm³/mol. The number of aromatic nitrogens is 2. The largest absolute Gasteiger partial charge is 0.477 e. The van der Waals surface area contributed by atoms with Gasteiger partial charge in [0.2, 0.25) is 5.95 Å². The minimum Gasteiger partial charge on any atom is -0.477 e. The van der Waals surface area contributed by atoms with Crippen LogP contribution < -0.4 is 4.90 Å². The lowest BCUT2D eigenvalue weighted by atomic mass is 10.3. The van der Waals surface area contributed by atoms with E-state index in [9.17, 15) is 13.2 Å². The Hall–Kier alpha value is -1.70. The first-order valence-electron chi connectivity index (χ1n) is 5.42. The molecule has 1 aromatic heterocycles. The van der Waals surface area contributed by atoms with Crippen molar-refractivity contribution in [3.8, 4) is 0 Å². The summed E-state index contributed by atoms with van der Waals surface area (Å²) >= 11 is 0. The molecule has 18 heavy (non-hydrogen) atoms. The fourth-order valence-electron chi connectivity index (χ4n) is 1.72. The lowest BCUT2D eigenvalue weighted by Gasteiger charge is -2.26. The molecular weight excluding hydrogens is 258 g/mol. The molecule has 1 fully saturated rings. The minimum atomic E-state index is -2.97. The second-order valence-electron chi connectivity index (χ2n) is 4.14. The fourth-order valence-corrected chi connectivity index (χ4v) is 2.92. The third-order valence-electron chi connectivity index (χ3n) is 2.69. The van der Waals surface area contributed by atoms with Crippen LogP contribution in [0.5, 0.6) is 0 Å². The van der Waals surface area contributed by atoms with Crippen molar-refractivity contribution in [2.45, 2.75) is 6.92 Å². The first-order valence-corrected chi connectivity index (χ1v) is 7.24. The van der Waals surface area contributed by atoms with Crippen LogP contribution in [0.3, 0.4) is 0 Å². The van der Waals surface area contributed by atoms with Gasteiger partial charge in [-0.3, -0.25) is 0 Å². The second kappa shape index (κ2) is 4.52. The number of nitrogens with zero attached hydrogens (tertiary/aromatic N) is 3. The first kappa shape index (κ1) is 12.7. The number of hydrogen-bond acceptors (Lipinski definition) is 6. The van der Waals surface area contributed by atoms with Gasteiger partial charge < -0.3 is 10.0 Å². The Bertz CT molecular complexity index is 571. The van der Waals surface area contributed by atoms with E-state index in [1.54, 1.807) is 11.8 Å². The van der Waals surface area contributed by atoms with Crippen LogP contribution in [0, 0.1) is 6.92 Å². The molecular formula is C10H13N3O4S. The minimum absolute atomic E-state index is 0.0483. The molecule has 0 bridgehead atoms. The highest BCUT2D eigenvalue weighted by molar-refractivity contribution is 7.91. The molecule has 8 heteroatoms. The topological polar surface area (TPSA) is 100 Å². The average molecular weight is 271 g/mol. The van der Waals surface area contributed by atoms with Crippen molar-refractivity contribution < 1.29 is 18.3 Å². The van der Waals surface area contributed by atoms with Gasteiger partial charge in [-0.1, -0.05) is 0 Å². The van der Waals surface area contributed by atoms with E-state index in [0.717, 1.165) is 0 Å². The maximum absolute atomic E-state index is 11.3. The molecule has 7 nitrogen and oxygen atoms in total. The maximum Gasteiger partial charge on any atom is 0.354 e. The second-order valence-corrected chi connectivity index (χ2v) is 6.44. The van der Waals surface area contributed by atoms with Crippen molar-refractivity contribution in [3.63, 3.8) is 0 Å². The number of carboxylic acid groups (broad SMARTS) is 1. The summed E-state index contributed by atoms with van der Waals surface area (Å²) < 4.78 is 22.6. The van der Waals surface area contributed by atoms with E-state index < -0.39 is 15.8 Å². The molecule has 1 aliphatic heterocycles. The molecule has 1 N–H and O–H groups in total. The summed E-state index contributed by atoms with van der Waals surface area (Å²) in [5.41, 5.74) is 0.469. The van der Waals surface area contributed by atoms with Gasteiger partial charge in [-0.05, 0) is 13.0 Å². The van der Waals surface area contributed by atoms with Crippen molar-refractivity contribution in [2.75, 3.05) is 29.5 Å². The van der Waals surface area contributed by atoms with E-state index in [1.165, 1.54) is 6.07 Å². The van der Waals surface area contributed by atoms with Gasteiger partial charge in [0.25, 0.3) is 0 Å². The monoisotopic (exact) mass is 271 g/mol. The molecule has 0 unspecified atom stereocenters. The Morgan fingerprint density at radius 1 is 1.33 bits per heavy atom. The number of anilines is 1. The van der Waals surface area contributed by atoms with Gasteiger partial charge in [0.05, 0.1) is 11.5 Å². The van der Waals surface area contributed by atoms with Crippen LogP contribution >= 0.6 is 0 Å². The SMILES string of the molecule is Cc1cc(C(=O)O)nc(N2CCS(=O)(=O)CC2)n1. The molecule has 0 radical (unpaired) electrons. The van der Waals surface area contributed by atoms with E-state index >= 15 is 0 Å². The van der Waals surface area contributed by atoms with Gasteiger partial charge in [-0.2, -0.15) is 0 Å². The van der Waals surface area contributed by atoms with Crippen LogP contribution in [0.25, 0.3) is 0 Å². The first-order chi connectivity index (χ1) is 8.37. The number of aryl methyl sites for hydroxylation is 1. The maximum atomic E-state index is 11.3. The molecule has 0 aromatic carbocycles. The highest BCUT2D eigenvalue weighted by Crippen LogP contribution is 2.14. The van der Waals surface area contributed by atoms with Crippen LogP contribution in [0.15, 0.2) is 6.07 Å². The third-order valence-corrected chi connectivity index (χ3v) is 4.30. The van der Waals surface area contributed by atoms with Crippen molar-refractivity contribution in [3.05, 3.63) is 17.5 Å². The van der Waals surface area contributed by atoms with Crippen LogP contribution in [-0.4, -0.2) is 54.1 Å². The van der Waals surface area contributed by atoms with E-state index in [-0.39, 0.29) is 23.1 Å². The molecule has 0 spiro atoms. The number of aromatic carboxylic acids is 1. The summed E-state index contributed by atoms with van der Waals surface area (Å²) in [6.07, 6.45) is 0. The molecule has 98 valence electrons. The van der Waals surface area contributed by atoms with Crippen molar-refractivity contribution in [2.24, 2.45) is 0 Å². The van der Waals surface area contributed by atoms with E-state index in [0.29, 0.717) is 18.8 Å². The van der Waals surface area contributed by atoms with Crippen LogP contribution in [-0.2, 0) is 9.84 Å². The average Bonchev–Trinajstić information content (AvgIpc) is 2.28.